The van der Waals surface area contributed by atoms with Crippen molar-refractivity contribution in [3.05, 3.63) is 52.8 Å². The highest BCUT2D eigenvalue weighted by molar-refractivity contribution is 6.30. The zero-order chi connectivity index (χ0) is 15.2. The number of rotatable bonds is 6. The van der Waals surface area contributed by atoms with E-state index < -0.39 is 5.97 Å². The first-order valence-corrected chi connectivity index (χ1v) is 6.87. The van der Waals surface area contributed by atoms with Gasteiger partial charge in [-0.25, -0.2) is 4.79 Å². The molecule has 0 aliphatic carbocycles. The van der Waals surface area contributed by atoms with E-state index in [0.717, 1.165) is 17.9 Å². The topological polar surface area (TPSA) is 65.2 Å². The predicted molar refractivity (Wildman–Crippen MR) is 78.2 cm³/mol. The van der Waals surface area contributed by atoms with Crippen LogP contribution in [0.25, 0.3) is 0 Å². The second kappa shape index (κ2) is 7.04. The lowest BCUT2D eigenvalue weighted by Gasteiger charge is -1.99. The lowest BCUT2D eigenvalue weighted by atomic mass is 10.1. The monoisotopic (exact) mass is 306 g/mol. The van der Waals surface area contributed by atoms with Crippen molar-refractivity contribution in [2.24, 2.45) is 0 Å². The third-order valence-corrected chi connectivity index (χ3v) is 3.01. The molecule has 0 saturated carbocycles. The molecule has 1 aromatic heterocycles. The van der Waals surface area contributed by atoms with E-state index in [2.05, 4.69) is 16.7 Å². The van der Waals surface area contributed by atoms with Gasteiger partial charge in [0.05, 0.1) is 0 Å². The average Bonchev–Trinajstić information content (AvgIpc) is 2.88. The van der Waals surface area contributed by atoms with Crippen molar-refractivity contribution in [3.63, 3.8) is 0 Å². The number of ether oxygens (including phenoxy) is 1. The van der Waals surface area contributed by atoms with Gasteiger partial charge in [-0.1, -0.05) is 35.5 Å². The number of esters is 1. The Hall–Kier alpha value is -2.14. The molecule has 0 radical (unpaired) electrons. The molecule has 1 aromatic carbocycles. The van der Waals surface area contributed by atoms with E-state index in [4.69, 9.17) is 20.9 Å². The van der Waals surface area contributed by atoms with Crippen LogP contribution in [0.5, 0.6) is 6.08 Å². The normalized spacial score (nSPS) is 10.4. The molecule has 0 amide bonds. The summed E-state index contributed by atoms with van der Waals surface area (Å²) in [5, 5.41) is 4.48. The quantitative estimate of drug-likeness (QED) is 0.604. The Bertz CT molecular complexity index is 635. The Kier molecular flexibility index (Phi) is 5.11. The molecule has 1 heterocycles. The second-order valence-corrected chi connectivity index (χ2v) is 5.06. The number of hydrogen-bond donors (Lipinski definition) is 0. The van der Waals surface area contributed by atoms with Crippen LogP contribution in [0.2, 0.25) is 5.02 Å². The zero-order valence-corrected chi connectivity index (χ0v) is 12.4. The van der Waals surface area contributed by atoms with Crippen LogP contribution in [0.15, 0.2) is 40.9 Å². The van der Waals surface area contributed by atoms with Crippen LogP contribution >= 0.6 is 11.6 Å². The highest BCUT2D eigenvalue weighted by atomic mass is 35.5. The standard InChI is InChI=1S/C15H15ClN2O3/c1-10(2)14(19)20-15-17-13(18-21-15)5-3-4-11-6-8-12(16)9-7-11/h6-9H,1,3-5H2,2H3. The van der Waals surface area contributed by atoms with Gasteiger partial charge in [0.1, 0.15) is 0 Å². The first-order chi connectivity index (χ1) is 10.0. The molecule has 0 spiro atoms. The largest absolute Gasteiger partial charge is 0.425 e. The van der Waals surface area contributed by atoms with Crippen molar-refractivity contribution in [3.8, 4) is 6.08 Å². The molecule has 0 aliphatic heterocycles. The van der Waals surface area contributed by atoms with Crippen molar-refractivity contribution in [2.45, 2.75) is 26.2 Å². The maximum atomic E-state index is 11.3. The first kappa shape index (κ1) is 15.3. The van der Waals surface area contributed by atoms with Crippen LogP contribution in [0.1, 0.15) is 24.7 Å². The van der Waals surface area contributed by atoms with Crippen LogP contribution in [0, 0.1) is 0 Å². The van der Waals surface area contributed by atoms with Gasteiger partial charge in [-0.05, 0) is 37.5 Å². The van der Waals surface area contributed by atoms with E-state index in [9.17, 15) is 4.79 Å². The fourth-order valence-corrected chi connectivity index (χ4v) is 1.78. The number of benzene rings is 1. The number of nitrogens with zero attached hydrogens (tertiary/aromatic N) is 2. The Labute approximate surface area is 127 Å². The number of carbonyl (C=O) groups is 1. The third kappa shape index (κ3) is 4.72. The Balaban J connectivity index is 1.81. The molecule has 0 aliphatic rings. The van der Waals surface area contributed by atoms with Crippen LogP contribution < -0.4 is 4.74 Å². The van der Waals surface area contributed by atoms with Crippen molar-refractivity contribution in [1.29, 1.82) is 0 Å². The summed E-state index contributed by atoms with van der Waals surface area (Å²) in [5.74, 6) is -0.0696. The summed E-state index contributed by atoms with van der Waals surface area (Å²) in [6, 6.07) is 7.69. The van der Waals surface area contributed by atoms with Gasteiger partial charge in [0.25, 0.3) is 0 Å². The number of aromatic nitrogens is 2. The van der Waals surface area contributed by atoms with Gasteiger partial charge in [-0.15, -0.1) is 0 Å². The minimum absolute atomic E-state index is 0.149. The lowest BCUT2D eigenvalue weighted by molar-refractivity contribution is -0.131. The molecule has 2 aromatic rings. The predicted octanol–water partition coefficient (Wildman–Crippen LogP) is 3.38. The van der Waals surface area contributed by atoms with Gasteiger partial charge < -0.3 is 4.74 Å². The molecule has 2 rings (SSSR count). The minimum Gasteiger partial charge on any atom is -0.372 e. The fraction of sp³-hybridized carbons (Fsp3) is 0.267. The Morgan fingerprint density at radius 2 is 2.05 bits per heavy atom. The smallest absolute Gasteiger partial charge is 0.372 e. The summed E-state index contributed by atoms with van der Waals surface area (Å²) >= 11 is 5.83. The van der Waals surface area contributed by atoms with Gasteiger partial charge in [0.2, 0.25) is 0 Å². The molecule has 0 saturated heterocycles. The van der Waals surface area contributed by atoms with E-state index in [0.29, 0.717) is 12.2 Å². The first-order valence-electron chi connectivity index (χ1n) is 6.49. The molecule has 21 heavy (non-hydrogen) atoms. The van der Waals surface area contributed by atoms with Crippen LogP contribution in [0.4, 0.5) is 0 Å². The van der Waals surface area contributed by atoms with E-state index in [1.807, 2.05) is 24.3 Å². The molecular formula is C15H15ClN2O3. The number of carbonyl (C=O) groups excluding carboxylic acids is 1. The third-order valence-electron chi connectivity index (χ3n) is 2.76. The molecule has 0 bridgehead atoms. The summed E-state index contributed by atoms with van der Waals surface area (Å²) in [5.41, 5.74) is 1.47. The van der Waals surface area contributed by atoms with Crippen LogP contribution in [0.3, 0.4) is 0 Å². The Morgan fingerprint density at radius 1 is 1.33 bits per heavy atom. The summed E-state index contributed by atoms with van der Waals surface area (Å²) in [7, 11) is 0. The number of halogens is 1. The zero-order valence-electron chi connectivity index (χ0n) is 11.6. The van der Waals surface area contributed by atoms with E-state index in [1.54, 1.807) is 6.92 Å². The van der Waals surface area contributed by atoms with Gasteiger partial charge in [0.15, 0.2) is 5.82 Å². The highest BCUT2D eigenvalue weighted by Crippen LogP contribution is 2.13. The summed E-state index contributed by atoms with van der Waals surface area (Å²) in [6.45, 7) is 5.02. The minimum atomic E-state index is -0.577. The number of hydrogen-bond acceptors (Lipinski definition) is 5. The maximum absolute atomic E-state index is 11.3. The molecule has 6 heteroatoms. The molecule has 110 valence electrons. The summed E-state index contributed by atoms with van der Waals surface area (Å²) in [4.78, 5) is 15.3. The highest BCUT2D eigenvalue weighted by Gasteiger charge is 2.12. The van der Waals surface area contributed by atoms with Crippen molar-refractivity contribution >= 4 is 17.6 Å². The van der Waals surface area contributed by atoms with E-state index >= 15 is 0 Å². The van der Waals surface area contributed by atoms with Gasteiger partial charge in [-0.2, -0.15) is 4.98 Å². The van der Waals surface area contributed by atoms with Crippen molar-refractivity contribution in [1.82, 2.24) is 10.1 Å². The van der Waals surface area contributed by atoms with Crippen LogP contribution in [-0.4, -0.2) is 16.1 Å². The lowest BCUT2D eigenvalue weighted by Crippen LogP contribution is -2.08. The van der Waals surface area contributed by atoms with Gasteiger partial charge >= 0.3 is 12.0 Å². The van der Waals surface area contributed by atoms with E-state index in [1.165, 1.54) is 5.56 Å². The molecular weight excluding hydrogens is 292 g/mol. The molecule has 0 atom stereocenters. The molecule has 0 N–H and O–H groups in total. The van der Waals surface area contributed by atoms with Crippen molar-refractivity contribution < 1.29 is 14.1 Å². The summed E-state index contributed by atoms with van der Waals surface area (Å²) < 4.78 is 9.68. The molecule has 5 nitrogen and oxygen atoms in total. The molecule has 0 unspecified atom stereocenters. The van der Waals surface area contributed by atoms with Crippen LogP contribution in [-0.2, 0) is 17.6 Å². The maximum Gasteiger partial charge on any atom is 0.425 e. The van der Waals surface area contributed by atoms with E-state index in [-0.39, 0.29) is 11.6 Å². The fourth-order valence-electron chi connectivity index (χ4n) is 1.65. The average molecular weight is 307 g/mol. The van der Waals surface area contributed by atoms with Gasteiger partial charge in [-0.3, -0.25) is 4.52 Å². The molecule has 0 fully saturated rings. The Morgan fingerprint density at radius 3 is 2.71 bits per heavy atom. The van der Waals surface area contributed by atoms with Gasteiger partial charge in [0, 0.05) is 17.0 Å². The second-order valence-electron chi connectivity index (χ2n) is 4.63. The number of aryl methyl sites for hydroxylation is 2. The SMILES string of the molecule is C=C(C)C(=O)Oc1nc(CCCc2ccc(Cl)cc2)no1. The summed E-state index contributed by atoms with van der Waals surface area (Å²) in [6.07, 6.45) is 2.22. The van der Waals surface area contributed by atoms with Crippen molar-refractivity contribution in [2.75, 3.05) is 0 Å².